The van der Waals surface area contributed by atoms with Gasteiger partial charge in [0.05, 0.1) is 5.41 Å². The molecule has 5 heteroatoms. The third-order valence-corrected chi connectivity index (χ3v) is 4.57. The summed E-state index contributed by atoms with van der Waals surface area (Å²) in [6, 6.07) is 9.48. The second kappa shape index (κ2) is 5.39. The molecule has 0 radical (unpaired) electrons. The van der Waals surface area contributed by atoms with Crippen LogP contribution in [0.25, 0.3) is 0 Å². The molecule has 1 aliphatic carbocycles. The second-order valence-electron chi connectivity index (χ2n) is 5.97. The number of rotatable bonds is 3. The van der Waals surface area contributed by atoms with Gasteiger partial charge in [-0.05, 0) is 30.7 Å². The molecule has 2 aliphatic rings. The van der Waals surface area contributed by atoms with Crippen LogP contribution in [0.5, 0.6) is 0 Å². The minimum atomic E-state index is -0.782. The Morgan fingerprint density at radius 2 is 2.10 bits per heavy atom. The number of hydrogen-bond donors (Lipinski definition) is 1. The van der Waals surface area contributed by atoms with E-state index in [1.807, 2.05) is 30.3 Å². The molecule has 1 aliphatic heterocycles. The fourth-order valence-corrected chi connectivity index (χ4v) is 3.20. The molecule has 2 fully saturated rings. The minimum Gasteiger partial charge on any atom is -0.481 e. The molecule has 21 heavy (non-hydrogen) atoms. The summed E-state index contributed by atoms with van der Waals surface area (Å²) < 4.78 is 5.31. The Kier molecular flexibility index (Phi) is 3.57. The standard InChI is InChI=1S/C16H19NO4/c18-14(19)16-9-13(16)7-4-8-17(11-16)15(20)21-10-12-5-2-1-3-6-12/h1-3,5-6,13H,4,7-11H2,(H,18,19). The number of ether oxygens (including phenoxy) is 1. The van der Waals surface area contributed by atoms with Gasteiger partial charge in [0, 0.05) is 13.1 Å². The summed E-state index contributed by atoms with van der Waals surface area (Å²) in [6.07, 6.45) is 2.01. The van der Waals surface area contributed by atoms with E-state index in [1.54, 1.807) is 4.90 Å². The number of hydrogen-bond acceptors (Lipinski definition) is 3. The zero-order chi connectivity index (χ0) is 14.9. The number of aliphatic carboxylic acids is 1. The Morgan fingerprint density at radius 3 is 2.81 bits per heavy atom. The number of carboxylic acid groups (broad SMARTS) is 1. The fraction of sp³-hybridized carbons (Fsp3) is 0.500. The summed E-state index contributed by atoms with van der Waals surface area (Å²) in [7, 11) is 0. The third-order valence-electron chi connectivity index (χ3n) is 4.57. The van der Waals surface area contributed by atoms with Crippen molar-refractivity contribution in [3.05, 3.63) is 35.9 Å². The van der Waals surface area contributed by atoms with E-state index in [0.717, 1.165) is 18.4 Å². The van der Waals surface area contributed by atoms with Crippen molar-refractivity contribution in [1.29, 1.82) is 0 Å². The van der Waals surface area contributed by atoms with Gasteiger partial charge < -0.3 is 14.7 Å². The number of nitrogens with zero attached hydrogens (tertiary/aromatic N) is 1. The predicted molar refractivity (Wildman–Crippen MR) is 75.6 cm³/mol. The van der Waals surface area contributed by atoms with Gasteiger partial charge in [0.15, 0.2) is 0 Å². The molecule has 2 atom stereocenters. The van der Waals surface area contributed by atoms with Gasteiger partial charge in [0.1, 0.15) is 6.61 Å². The molecule has 1 aromatic carbocycles. The van der Waals surface area contributed by atoms with Crippen LogP contribution in [-0.4, -0.2) is 35.2 Å². The lowest BCUT2D eigenvalue weighted by molar-refractivity contribution is -0.144. The number of carboxylic acids is 1. The first kappa shape index (κ1) is 13.9. The number of carbonyl (C=O) groups is 2. The lowest BCUT2D eigenvalue weighted by atomic mass is 10.0. The molecule has 1 N–H and O–H groups in total. The molecule has 1 heterocycles. The third kappa shape index (κ3) is 2.73. The van der Waals surface area contributed by atoms with Crippen molar-refractivity contribution in [3.8, 4) is 0 Å². The van der Waals surface area contributed by atoms with Gasteiger partial charge in [0.2, 0.25) is 0 Å². The zero-order valence-electron chi connectivity index (χ0n) is 11.8. The van der Waals surface area contributed by atoms with Crippen LogP contribution in [0, 0.1) is 11.3 Å². The van der Waals surface area contributed by atoms with Gasteiger partial charge in [-0.25, -0.2) is 4.79 Å². The van der Waals surface area contributed by atoms with E-state index in [4.69, 9.17) is 4.74 Å². The summed E-state index contributed by atoms with van der Waals surface area (Å²) in [5.41, 5.74) is 0.209. The maximum absolute atomic E-state index is 12.2. The number of amides is 1. The maximum Gasteiger partial charge on any atom is 0.410 e. The normalized spacial score (nSPS) is 27.4. The number of likely N-dealkylation sites (tertiary alicyclic amines) is 1. The summed E-state index contributed by atoms with van der Waals surface area (Å²) in [6.45, 7) is 1.08. The number of benzene rings is 1. The topological polar surface area (TPSA) is 66.8 Å². The van der Waals surface area contributed by atoms with E-state index in [-0.39, 0.29) is 19.1 Å². The molecule has 5 nitrogen and oxygen atoms in total. The van der Waals surface area contributed by atoms with E-state index < -0.39 is 17.5 Å². The minimum absolute atomic E-state index is 0.222. The van der Waals surface area contributed by atoms with E-state index in [1.165, 1.54) is 0 Å². The molecule has 0 aromatic heterocycles. The van der Waals surface area contributed by atoms with E-state index in [0.29, 0.717) is 13.0 Å². The zero-order valence-corrected chi connectivity index (χ0v) is 11.8. The molecule has 3 rings (SSSR count). The Labute approximate surface area is 123 Å². The Hall–Kier alpha value is -2.04. The first-order chi connectivity index (χ1) is 10.1. The van der Waals surface area contributed by atoms with Gasteiger partial charge in [-0.1, -0.05) is 30.3 Å². The van der Waals surface area contributed by atoms with Gasteiger partial charge in [-0.3, -0.25) is 4.79 Å². The van der Waals surface area contributed by atoms with Crippen LogP contribution in [0.1, 0.15) is 24.8 Å². The molecule has 1 aromatic rings. The van der Waals surface area contributed by atoms with Gasteiger partial charge in [-0.15, -0.1) is 0 Å². The molecule has 0 spiro atoms. The largest absolute Gasteiger partial charge is 0.481 e. The van der Waals surface area contributed by atoms with Crippen molar-refractivity contribution < 1.29 is 19.4 Å². The average Bonchev–Trinajstić information content (AvgIpc) is 3.20. The SMILES string of the molecule is O=C(OCc1ccccc1)N1CCCC2CC2(C(=O)O)C1. The van der Waals surface area contributed by atoms with Crippen molar-refractivity contribution in [2.24, 2.45) is 11.3 Å². The quantitative estimate of drug-likeness (QED) is 0.928. The number of fused-ring (bicyclic) bond motifs is 1. The van der Waals surface area contributed by atoms with Crippen LogP contribution in [0.15, 0.2) is 30.3 Å². The summed E-state index contributed by atoms with van der Waals surface area (Å²) in [5.74, 6) is -0.558. The second-order valence-corrected chi connectivity index (χ2v) is 5.97. The van der Waals surface area contributed by atoms with Crippen LogP contribution >= 0.6 is 0 Å². The smallest absolute Gasteiger partial charge is 0.410 e. The van der Waals surface area contributed by atoms with Gasteiger partial charge in [0.25, 0.3) is 0 Å². The number of carbonyl (C=O) groups excluding carboxylic acids is 1. The molecule has 2 unspecified atom stereocenters. The lowest BCUT2D eigenvalue weighted by Crippen LogP contribution is -2.39. The van der Waals surface area contributed by atoms with E-state index >= 15 is 0 Å². The van der Waals surface area contributed by atoms with Crippen molar-refractivity contribution in [1.82, 2.24) is 4.90 Å². The first-order valence-corrected chi connectivity index (χ1v) is 7.31. The highest BCUT2D eigenvalue weighted by Gasteiger charge is 2.61. The highest BCUT2D eigenvalue weighted by atomic mass is 16.6. The molecule has 0 bridgehead atoms. The average molecular weight is 289 g/mol. The van der Waals surface area contributed by atoms with Crippen LogP contribution < -0.4 is 0 Å². The van der Waals surface area contributed by atoms with Crippen molar-refractivity contribution >= 4 is 12.1 Å². The predicted octanol–water partition coefficient (Wildman–Crippen LogP) is 2.51. The molecule has 1 saturated heterocycles. The molecular weight excluding hydrogens is 270 g/mol. The maximum atomic E-state index is 12.2. The monoisotopic (exact) mass is 289 g/mol. The fourth-order valence-electron chi connectivity index (χ4n) is 3.20. The Morgan fingerprint density at radius 1 is 1.33 bits per heavy atom. The van der Waals surface area contributed by atoms with Gasteiger partial charge in [-0.2, -0.15) is 0 Å². The summed E-state index contributed by atoms with van der Waals surface area (Å²) >= 11 is 0. The van der Waals surface area contributed by atoms with E-state index in [9.17, 15) is 14.7 Å². The van der Waals surface area contributed by atoms with Crippen LogP contribution in [-0.2, 0) is 16.1 Å². The van der Waals surface area contributed by atoms with Crippen LogP contribution in [0.3, 0.4) is 0 Å². The highest BCUT2D eigenvalue weighted by Crippen LogP contribution is 2.57. The van der Waals surface area contributed by atoms with Crippen molar-refractivity contribution in [2.75, 3.05) is 13.1 Å². The van der Waals surface area contributed by atoms with E-state index in [2.05, 4.69) is 0 Å². The van der Waals surface area contributed by atoms with Crippen molar-refractivity contribution in [3.63, 3.8) is 0 Å². The van der Waals surface area contributed by atoms with Crippen LogP contribution in [0.4, 0.5) is 4.79 Å². The first-order valence-electron chi connectivity index (χ1n) is 7.31. The molecular formula is C16H19NO4. The lowest BCUT2D eigenvalue weighted by Gasteiger charge is -2.23. The van der Waals surface area contributed by atoms with Crippen LogP contribution in [0.2, 0.25) is 0 Å². The molecule has 1 saturated carbocycles. The molecule has 1 amide bonds. The Bertz CT molecular complexity index is 544. The summed E-state index contributed by atoms with van der Waals surface area (Å²) in [4.78, 5) is 25.2. The summed E-state index contributed by atoms with van der Waals surface area (Å²) in [5, 5.41) is 9.39. The van der Waals surface area contributed by atoms with Gasteiger partial charge >= 0.3 is 12.1 Å². The Balaban J connectivity index is 1.60. The highest BCUT2D eigenvalue weighted by molar-refractivity contribution is 5.80. The molecule has 112 valence electrons. The van der Waals surface area contributed by atoms with Crippen molar-refractivity contribution in [2.45, 2.75) is 25.9 Å².